The average molecular weight is 518 g/mol. The summed E-state index contributed by atoms with van der Waals surface area (Å²) in [4.78, 5) is 5.05. The van der Waals surface area contributed by atoms with E-state index in [9.17, 15) is 28.5 Å². The Labute approximate surface area is 200 Å². The van der Waals surface area contributed by atoms with Crippen LogP contribution in [0.2, 0.25) is 5.02 Å². The Balaban J connectivity index is 1.63. The second-order valence-corrected chi connectivity index (χ2v) is 10.1. The van der Waals surface area contributed by atoms with Crippen LogP contribution in [-0.2, 0) is 4.74 Å². The predicted molar refractivity (Wildman–Crippen MR) is 120 cm³/mol. The Morgan fingerprint density at radius 3 is 2.45 bits per heavy atom. The van der Waals surface area contributed by atoms with Gasteiger partial charge in [-0.05, 0) is 36.8 Å². The van der Waals surface area contributed by atoms with Crippen LogP contribution < -0.4 is 0 Å². The summed E-state index contributed by atoms with van der Waals surface area (Å²) in [5, 5.41) is 33.8. The largest absolute Gasteiger partial charge is 0.394 e. The normalized spacial score (nSPS) is 25.4. The van der Waals surface area contributed by atoms with E-state index >= 15 is 0 Å². The van der Waals surface area contributed by atoms with Gasteiger partial charge in [-0.3, -0.25) is 0 Å². The molecule has 33 heavy (non-hydrogen) atoms. The van der Waals surface area contributed by atoms with Crippen molar-refractivity contribution in [2.45, 2.75) is 41.5 Å². The van der Waals surface area contributed by atoms with Gasteiger partial charge in [0.25, 0.3) is 0 Å². The van der Waals surface area contributed by atoms with Crippen molar-refractivity contribution >= 4 is 34.7 Å². The number of aryl methyl sites for hydroxylation is 1. The van der Waals surface area contributed by atoms with E-state index in [1.54, 1.807) is 6.07 Å². The molecule has 0 spiro atoms. The van der Waals surface area contributed by atoms with Gasteiger partial charge in [-0.1, -0.05) is 29.4 Å². The summed E-state index contributed by atoms with van der Waals surface area (Å²) in [5.74, 6) is -5.21. The van der Waals surface area contributed by atoms with Crippen LogP contribution in [0.25, 0.3) is 11.3 Å². The van der Waals surface area contributed by atoms with Gasteiger partial charge in [0.15, 0.2) is 17.5 Å². The van der Waals surface area contributed by atoms with Crippen molar-refractivity contribution in [3.05, 3.63) is 68.8 Å². The molecule has 1 fully saturated rings. The average Bonchev–Trinajstić information content (AvgIpc) is 3.26. The quantitative estimate of drug-likeness (QED) is 0.432. The van der Waals surface area contributed by atoms with Gasteiger partial charge in [0.1, 0.15) is 22.7 Å². The first-order valence-corrected chi connectivity index (χ1v) is 12.0. The van der Waals surface area contributed by atoms with Crippen molar-refractivity contribution < 1.29 is 33.2 Å². The standard InChI is InChI=1S/C22H19ClF3NO4S2/c1-9-2-3-11(6-12(9)23)33-22-20(30)17(19(29)16(7-28)31-22)21-27-15(8-32-21)10-4-13(24)18(26)14(25)5-10/h2-6,8,16-17,19-20,22,28-30H,7H2,1H3/t16?,17-,19-,20?,22+/m0/s1. The van der Waals surface area contributed by atoms with Crippen LogP contribution in [-0.4, -0.2) is 50.7 Å². The van der Waals surface area contributed by atoms with Gasteiger partial charge in [-0.15, -0.1) is 11.3 Å². The van der Waals surface area contributed by atoms with Gasteiger partial charge in [0, 0.05) is 20.9 Å². The van der Waals surface area contributed by atoms with E-state index in [0.29, 0.717) is 5.02 Å². The summed E-state index contributed by atoms with van der Waals surface area (Å²) in [6, 6.07) is 7.01. The highest BCUT2D eigenvalue weighted by Crippen LogP contribution is 2.42. The molecule has 2 aromatic carbocycles. The number of hydrogen-bond acceptors (Lipinski definition) is 7. The molecule has 5 nitrogen and oxygen atoms in total. The van der Waals surface area contributed by atoms with Crippen molar-refractivity contribution in [2.24, 2.45) is 0 Å². The number of rotatable bonds is 5. The van der Waals surface area contributed by atoms with Gasteiger partial charge in [0.2, 0.25) is 0 Å². The molecule has 1 saturated heterocycles. The molecule has 4 rings (SSSR count). The van der Waals surface area contributed by atoms with Crippen LogP contribution in [0.1, 0.15) is 16.5 Å². The minimum Gasteiger partial charge on any atom is -0.394 e. The summed E-state index contributed by atoms with van der Waals surface area (Å²) in [5.41, 5.74) is 0.205. The number of thiazole rings is 1. The molecule has 0 amide bonds. The van der Waals surface area contributed by atoms with Crippen molar-refractivity contribution in [1.29, 1.82) is 0 Å². The summed E-state index contributed by atoms with van der Waals surface area (Å²) in [7, 11) is 0. The number of nitrogens with zero attached hydrogens (tertiary/aromatic N) is 1. The number of ether oxygens (including phenoxy) is 1. The molecular weight excluding hydrogens is 499 g/mol. The first-order valence-electron chi connectivity index (χ1n) is 9.85. The molecule has 1 aromatic heterocycles. The second-order valence-electron chi connectivity index (χ2n) is 7.59. The number of hydrogen-bond donors (Lipinski definition) is 3. The monoisotopic (exact) mass is 517 g/mol. The fraction of sp³-hybridized carbons (Fsp3) is 0.318. The third-order valence-electron chi connectivity index (χ3n) is 5.37. The maximum Gasteiger partial charge on any atom is 0.194 e. The van der Waals surface area contributed by atoms with E-state index in [1.807, 2.05) is 19.1 Å². The Kier molecular flexibility index (Phi) is 7.35. The zero-order valence-corrected chi connectivity index (χ0v) is 19.5. The Bertz CT molecular complexity index is 1140. The van der Waals surface area contributed by atoms with Crippen molar-refractivity contribution in [2.75, 3.05) is 6.61 Å². The minimum atomic E-state index is -1.58. The third kappa shape index (κ3) is 4.93. The molecule has 0 saturated carbocycles. The lowest BCUT2D eigenvalue weighted by atomic mass is 9.90. The van der Waals surface area contributed by atoms with E-state index in [0.717, 1.165) is 33.9 Å². The third-order valence-corrected chi connectivity index (χ3v) is 7.87. The molecule has 2 unspecified atom stereocenters. The molecule has 11 heteroatoms. The molecule has 1 aliphatic heterocycles. The van der Waals surface area contributed by atoms with E-state index in [-0.39, 0.29) is 16.3 Å². The first kappa shape index (κ1) is 24.5. The molecular formula is C22H19ClF3NO4S2. The van der Waals surface area contributed by atoms with E-state index in [1.165, 1.54) is 17.1 Å². The highest BCUT2D eigenvalue weighted by atomic mass is 35.5. The van der Waals surface area contributed by atoms with Crippen LogP contribution in [0.4, 0.5) is 13.2 Å². The van der Waals surface area contributed by atoms with E-state index < -0.39 is 53.7 Å². The van der Waals surface area contributed by atoms with Gasteiger partial charge < -0.3 is 20.1 Å². The zero-order valence-electron chi connectivity index (χ0n) is 17.1. The van der Waals surface area contributed by atoms with Crippen molar-refractivity contribution in [3.8, 4) is 11.3 Å². The molecule has 2 heterocycles. The van der Waals surface area contributed by atoms with Crippen molar-refractivity contribution in [1.82, 2.24) is 4.98 Å². The SMILES string of the molecule is Cc1ccc(S[C@H]2OC(CO)[C@H](O)[C@H](c3nc(-c4cc(F)c(F)c(F)c4)cs3)C2O)cc1Cl. The number of aliphatic hydroxyl groups is 3. The summed E-state index contributed by atoms with van der Waals surface area (Å²) in [6.45, 7) is 1.36. The fourth-order valence-electron chi connectivity index (χ4n) is 3.53. The summed E-state index contributed by atoms with van der Waals surface area (Å²) in [6.07, 6.45) is -3.51. The Morgan fingerprint density at radius 1 is 1.12 bits per heavy atom. The van der Waals surface area contributed by atoms with Crippen LogP contribution in [0.15, 0.2) is 40.6 Å². The van der Waals surface area contributed by atoms with Crippen LogP contribution in [0.3, 0.4) is 0 Å². The number of thioether (sulfide) groups is 1. The number of halogens is 4. The fourth-order valence-corrected chi connectivity index (χ4v) is 5.90. The Morgan fingerprint density at radius 2 is 1.82 bits per heavy atom. The van der Waals surface area contributed by atoms with Gasteiger partial charge in [0.05, 0.1) is 24.3 Å². The molecule has 3 aromatic rings. The zero-order chi connectivity index (χ0) is 23.9. The molecule has 3 N–H and O–H groups in total. The molecule has 1 aliphatic rings. The topological polar surface area (TPSA) is 82.8 Å². The molecule has 0 aliphatic carbocycles. The summed E-state index contributed by atoms with van der Waals surface area (Å²) >= 11 is 8.43. The Hall–Kier alpha value is -1.66. The van der Waals surface area contributed by atoms with Crippen molar-refractivity contribution in [3.63, 3.8) is 0 Å². The molecule has 0 radical (unpaired) electrons. The smallest absolute Gasteiger partial charge is 0.194 e. The molecule has 5 atom stereocenters. The maximum atomic E-state index is 13.6. The minimum absolute atomic E-state index is 0.0175. The van der Waals surface area contributed by atoms with Crippen LogP contribution in [0, 0.1) is 24.4 Å². The lowest BCUT2D eigenvalue weighted by Gasteiger charge is -2.41. The van der Waals surface area contributed by atoms with Crippen LogP contribution in [0.5, 0.6) is 0 Å². The van der Waals surface area contributed by atoms with E-state index in [4.69, 9.17) is 16.3 Å². The second kappa shape index (κ2) is 9.91. The molecule has 0 bridgehead atoms. The highest BCUT2D eigenvalue weighted by Gasteiger charge is 2.46. The highest BCUT2D eigenvalue weighted by molar-refractivity contribution is 7.99. The number of aromatic nitrogens is 1. The van der Waals surface area contributed by atoms with E-state index in [2.05, 4.69) is 4.98 Å². The lowest BCUT2D eigenvalue weighted by Crippen LogP contribution is -2.52. The molecule has 176 valence electrons. The predicted octanol–water partition coefficient (Wildman–Crippen LogP) is 4.50. The number of aliphatic hydroxyl groups excluding tert-OH is 3. The summed E-state index contributed by atoms with van der Waals surface area (Å²) < 4.78 is 46.3. The van der Waals surface area contributed by atoms with Gasteiger partial charge >= 0.3 is 0 Å². The first-order chi connectivity index (χ1) is 15.7. The maximum absolute atomic E-state index is 13.6. The van der Waals surface area contributed by atoms with Gasteiger partial charge in [-0.25, -0.2) is 18.2 Å². The lowest BCUT2D eigenvalue weighted by molar-refractivity contribution is -0.162. The van der Waals surface area contributed by atoms with Gasteiger partial charge in [-0.2, -0.15) is 0 Å². The number of benzene rings is 2. The van der Waals surface area contributed by atoms with Crippen LogP contribution >= 0.6 is 34.7 Å².